The Balaban J connectivity index is 0.000000607. The zero-order chi connectivity index (χ0) is 58.6. The Morgan fingerprint density at radius 1 is 0.453 bits per heavy atom. The van der Waals surface area contributed by atoms with Crippen LogP contribution in [-0.4, -0.2) is 316 Å². The van der Waals surface area contributed by atoms with Crippen molar-refractivity contribution in [3.8, 4) is 0 Å². The minimum atomic E-state index is -5.41. The standard InChI is InChI=1S/C20H37NO16.C8H17NO6.C6H13O9P.CH5P.H3O4P/c21-1-2-32-18-14(30)11(27)16(7(4-23)34-18)37-20-15(31)12(28)17(8(5-24)35-20)36-19-13(29)10(26)9(25)6(3-22)33-19;9-1-2-14-8-7(13)6(12)5(11)4(3-10)15-8;7-1-2-3(8)4(9)5(10)6(14-2)15-16(11,12)13;1-2;1-5(2,3)4/h6-20,22-31H,1-5,21H2;4-8,10-13H,1-3,9H2;2-10H,1H2,(H2,11,12,13);2H2,1H3;(H3,1,2,3,4)/p-4/i;;;1D;. The summed E-state index contributed by atoms with van der Waals surface area (Å²) >= 11 is 0. The number of hydrogen-bond donors (Lipinski definition) is 21. The van der Waals surface area contributed by atoms with Crippen LogP contribution in [0, 0.1) is 0 Å². The SMILES string of the molecule is NCCOC1OC(CO)C(O)C(O)C1O.NCCOC1OC(CO)C(OC2OC(CO)C(OC3OC(CO)C(O)C(O)C3O)C(O)C2O)C(O)C1O.O=P([O-])([O-])O.O=P([O-])([O-])OC1OC(CO)C(O)C(O)C1O.[2H]CP. The van der Waals surface area contributed by atoms with Gasteiger partial charge in [0.15, 0.2) is 31.5 Å². The van der Waals surface area contributed by atoms with Gasteiger partial charge in [-0.2, -0.15) is 0 Å². The van der Waals surface area contributed by atoms with Gasteiger partial charge in [0.05, 0.1) is 61.9 Å². The van der Waals surface area contributed by atoms with E-state index < -0.39 is 202 Å². The Bertz CT molecular complexity index is 1640. The van der Waals surface area contributed by atoms with Gasteiger partial charge in [-0.25, -0.2) is 0 Å². The fourth-order valence-corrected chi connectivity index (χ4v) is 7.47. The highest BCUT2D eigenvalue weighted by atomic mass is 31.2. The predicted molar refractivity (Wildman–Crippen MR) is 231 cm³/mol. The Kier molecular flexibility index (Phi) is 32.7. The molecular weight excluding hydrogens is 1100 g/mol. The molecule has 26 unspecified atom stereocenters. The van der Waals surface area contributed by atoms with Gasteiger partial charge in [0.25, 0.3) is 0 Å². The largest absolute Gasteiger partial charge is 0.790 e. The number of nitrogens with two attached hydrogens (primary N) is 2. The summed E-state index contributed by atoms with van der Waals surface area (Å²) in [5.41, 5.74) is 10.5. The fraction of sp³-hybridized carbons (Fsp3) is 1.00. The molecule has 5 saturated heterocycles. The second kappa shape index (κ2) is 34.7. The second-order valence-electron chi connectivity index (χ2n) is 16.0. The molecule has 0 radical (unpaired) electrons. The van der Waals surface area contributed by atoms with Crippen molar-refractivity contribution >= 4 is 24.9 Å². The van der Waals surface area contributed by atoms with Gasteiger partial charge in [0.2, 0.25) is 0 Å². The van der Waals surface area contributed by atoms with Gasteiger partial charge in [-0.1, -0.05) is 6.64 Å². The van der Waals surface area contributed by atoms with Gasteiger partial charge >= 0.3 is 0 Å². The van der Waals surface area contributed by atoms with Crippen LogP contribution in [0.5, 0.6) is 0 Å². The maximum atomic E-state index is 10.7. The number of ether oxygens (including phenoxy) is 9. The first-order valence-electron chi connectivity index (χ1n) is 22.6. The van der Waals surface area contributed by atoms with Crippen LogP contribution in [0.25, 0.3) is 0 Å². The number of phosphoric ester groups is 1. The normalized spacial score (nSPS) is 42.4. The van der Waals surface area contributed by atoms with Crippen LogP contribution in [0.2, 0.25) is 0 Å². The van der Waals surface area contributed by atoms with Gasteiger partial charge in [0, 0.05) is 14.5 Å². The van der Waals surface area contributed by atoms with Gasteiger partial charge in [-0.15, -0.1) is 9.24 Å². The molecule has 5 heterocycles. The molecule has 450 valence electrons. The molecule has 0 aliphatic carbocycles. The van der Waals surface area contributed by atoms with Crippen molar-refractivity contribution in [3.05, 3.63) is 0 Å². The average molecular weight is 1170 g/mol. The molecule has 26 atom stereocenters. The van der Waals surface area contributed by atoms with Crippen LogP contribution in [0.15, 0.2) is 0 Å². The van der Waals surface area contributed by atoms with E-state index in [1.807, 2.05) is 0 Å². The summed E-state index contributed by atoms with van der Waals surface area (Å²) in [6.07, 6.45) is -38.9. The number of aliphatic hydroxyl groups excluding tert-OH is 18. The van der Waals surface area contributed by atoms with E-state index in [1.54, 1.807) is 0 Å². The average Bonchev–Trinajstić information content (AvgIpc) is 3.36. The van der Waals surface area contributed by atoms with E-state index in [9.17, 15) is 96.1 Å². The first kappa shape index (κ1) is 70.6. The summed E-state index contributed by atoms with van der Waals surface area (Å²) in [6.45, 7) is -2.55. The molecule has 37 nitrogen and oxygen atoms in total. The Labute approximate surface area is 429 Å². The van der Waals surface area contributed by atoms with Crippen molar-refractivity contribution in [2.45, 2.75) is 154 Å². The Morgan fingerprint density at radius 2 is 0.693 bits per heavy atom. The van der Waals surface area contributed by atoms with Crippen LogP contribution in [0.4, 0.5) is 0 Å². The van der Waals surface area contributed by atoms with Crippen molar-refractivity contribution in [1.29, 1.82) is 0 Å². The molecule has 5 aliphatic rings. The molecule has 0 aromatic heterocycles. The summed E-state index contributed by atoms with van der Waals surface area (Å²) in [7, 11) is -8.31. The van der Waals surface area contributed by atoms with Gasteiger partial charge in [-0.05, 0) is 0 Å². The van der Waals surface area contributed by atoms with E-state index in [-0.39, 0.29) is 26.3 Å². The molecule has 0 bridgehead atoms. The minimum absolute atomic E-state index is 0.0111. The molecule has 40 heteroatoms. The van der Waals surface area contributed by atoms with E-state index in [2.05, 4.69) is 18.5 Å². The lowest BCUT2D eigenvalue weighted by atomic mass is 9.96. The van der Waals surface area contributed by atoms with Crippen molar-refractivity contribution in [2.24, 2.45) is 11.5 Å². The zero-order valence-electron chi connectivity index (χ0n) is 40.2. The van der Waals surface area contributed by atoms with Gasteiger partial charge < -0.3 is 184 Å². The Morgan fingerprint density at radius 3 is 1.00 bits per heavy atom. The molecule has 5 fully saturated rings. The lowest BCUT2D eigenvalue weighted by Crippen LogP contribution is -2.66. The van der Waals surface area contributed by atoms with E-state index in [1.165, 1.54) is 0 Å². The third-order valence-electron chi connectivity index (χ3n) is 10.8. The summed E-state index contributed by atoms with van der Waals surface area (Å²) in [6, 6.07) is 0. The second-order valence-corrected chi connectivity index (χ2v) is 18.1. The molecule has 5 aliphatic heterocycles. The smallest absolute Gasteiger partial charge is 0.191 e. The van der Waals surface area contributed by atoms with Crippen molar-refractivity contribution in [1.82, 2.24) is 0 Å². The lowest BCUT2D eigenvalue weighted by molar-refractivity contribution is -0.379. The molecule has 0 amide bonds. The first-order chi connectivity index (χ1) is 35.4. The van der Waals surface area contributed by atoms with Gasteiger partial charge in [0.1, 0.15) is 122 Å². The molecule has 0 spiro atoms. The van der Waals surface area contributed by atoms with Crippen LogP contribution < -0.4 is 31.0 Å². The molecule has 23 N–H and O–H groups in total. The lowest BCUT2D eigenvalue weighted by Gasteiger charge is -2.48. The van der Waals surface area contributed by atoms with E-state index in [4.69, 9.17) is 80.2 Å². The number of phosphoric acid groups is 2. The summed E-state index contributed by atoms with van der Waals surface area (Å²) in [5.74, 6) is 0. The first-order valence-corrected chi connectivity index (χ1v) is 25.7. The highest BCUT2D eigenvalue weighted by Gasteiger charge is 2.54. The third kappa shape index (κ3) is 22.1. The van der Waals surface area contributed by atoms with E-state index in [0.717, 1.165) is 0 Å². The van der Waals surface area contributed by atoms with E-state index >= 15 is 0 Å². The molecule has 5 rings (SSSR count). The topological polar surface area (TPSA) is 655 Å². The van der Waals surface area contributed by atoms with Gasteiger partial charge in [-0.3, -0.25) is 0 Å². The fourth-order valence-electron chi connectivity index (χ4n) is 7.04. The summed E-state index contributed by atoms with van der Waals surface area (Å²) in [5, 5.41) is 175. The van der Waals surface area contributed by atoms with Crippen molar-refractivity contribution < 1.29 is 174 Å². The zero-order valence-corrected chi connectivity index (χ0v) is 42.1. The van der Waals surface area contributed by atoms with Crippen LogP contribution in [0.1, 0.15) is 1.37 Å². The number of rotatable bonds is 17. The van der Waals surface area contributed by atoms with Crippen LogP contribution in [0.3, 0.4) is 0 Å². The molecule has 0 saturated carbocycles. The minimum Gasteiger partial charge on any atom is -0.790 e. The molecule has 0 aromatic rings. The highest BCUT2D eigenvalue weighted by molar-refractivity contribution is 7.43. The maximum absolute atomic E-state index is 10.7. The van der Waals surface area contributed by atoms with E-state index in [0.29, 0.717) is 6.64 Å². The van der Waals surface area contributed by atoms with Crippen LogP contribution in [-0.2, 0) is 56.3 Å². The predicted octanol–water partition coefficient (Wildman–Crippen LogP) is -16.9. The number of aliphatic hydroxyl groups is 18. The highest BCUT2D eigenvalue weighted by Crippen LogP contribution is 2.35. The van der Waals surface area contributed by atoms with Crippen molar-refractivity contribution in [2.75, 3.05) is 66.0 Å². The molecule has 75 heavy (non-hydrogen) atoms. The van der Waals surface area contributed by atoms with Crippen LogP contribution >= 0.6 is 24.9 Å². The molecular formula is C35H71N2O35P3-4. The summed E-state index contributed by atoms with van der Waals surface area (Å²) in [4.78, 5) is 44.8. The van der Waals surface area contributed by atoms with Crippen molar-refractivity contribution in [3.63, 3.8) is 0 Å². The maximum Gasteiger partial charge on any atom is 0.191 e. The quantitative estimate of drug-likeness (QED) is 0.0601. The monoisotopic (exact) mass is 1170 g/mol. The number of hydrogen-bond acceptors (Lipinski definition) is 36. The Hall–Kier alpha value is -0.510. The summed E-state index contributed by atoms with van der Waals surface area (Å²) < 4.78 is 76.0. The third-order valence-corrected chi connectivity index (χ3v) is 11.3. The molecule has 0 aromatic carbocycles.